The molecule has 2 heterocycles. The van der Waals surface area contributed by atoms with Crippen molar-refractivity contribution in [3.8, 4) is 56.4 Å². The Morgan fingerprint density at radius 1 is 0.443 bits per heavy atom. The molecule has 0 N–H and O–H groups in total. The molecule has 0 aliphatic heterocycles. The van der Waals surface area contributed by atoms with Crippen molar-refractivity contribution in [2.45, 2.75) is 92.4 Å². The maximum absolute atomic E-state index is 13.9. The Balaban J connectivity index is 1.13. The van der Waals surface area contributed by atoms with Gasteiger partial charge < -0.3 is 0 Å². The molecule has 0 saturated heterocycles. The van der Waals surface area contributed by atoms with E-state index in [1.807, 2.05) is 24.5 Å². The van der Waals surface area contributed by atoms with Gasteiger partial charge in [-0.1, -0.05) is 134 Å². The molecular formula is C56H57FN4. The summed E-state index contributed by atoms with van der Waals surface area (Å²) >= 11 is 0. The van der Waals surface area contributed by atoms with Gasteiger partial charge in [0.05, 0.1) is 11.4 Å². The molecule has 308 valence electrons. The zero-order valence-corrected chi connectivity index (χ0v) is 37.0. The summed E-state index contributed by atoms with van der Waals surface area (Å²) < 4.78 is 18.5. The first kappa shape index (κ1) is 41.4. The molecule has 0 bridgehead atoms. The van der Waals surface area contributed by atoms with Crippen LogP contribution in [0.4, 0.5) is 4.39 Å². The average Bonchev–Trinajstić information content (AvgIpc) is 3.94. The molecular weight excluding hydrogens is 748 g/mol. The highest BCUT2D eigenvalue weighted by molar-refractivity contribution is 5.73. The highest BCUT2D eigenvalue weighted by Crippen LogP contribution is 2.40. The fourth-order valence-corrected chi connectivity index (χ4v) is 8.67. The Morgan fingerprint density at radius 3 is 1.20 bits per heavy atom. The molecule has 0 saturated carbocycles. The molecule has 61 heavy (non-hydrogen) atoms. The molecule has 5 heteroatoms. The molecule has 6 aromatic carbocycles. The molecule has 8 rings (SSSR count). The molecule has 0 aliphatic rings. The number of nitrogens with zero attached hydrogens (tertiary/aromatic N) is 4. The number of hydrogen-bond acceptors (Lipinski definition) is 2. The van der Waals surface area contributed by atoms with Crippen LogP contribution in [0.3, 0.4) is 0 Å². The smallest absolute Gasteiger partial charge is 0.144 e. The van der Waals surface area contributed by atoms with Gasteiger partial charge in [-0.15, -0.1) is 0 Å². The number of aromatic nitrogens is 4. The monoisotopic (exact) mass is 804 g/mol. The summed E-state index contributed by atoms with van der Waals surface area (Å²) in [5.74, 6) is 2.76. The molecule has 0 spiro atoms. The number of benzene rings is 6. The van der Waals surface area contributed by atoms with Gasteiger partial charge in [0.2, 0.25) is 0 Å². The third kappa shape index (κ3) is 8.52. The van der Waals surface area contributed by atoms with Crippen molar-refractivity contribution in [2.75, 3.05) is 0 Å². The average molecular weight is 805 g/mol. The molecule has 8 aromatic rings. The predicted molar refractivity (Wildman–Crippen MR) is 253 cm³/mol. The maximum atomic E-state index is 13.9. The van der Waals surface area contributed by atoms with Gasteiger partial charge >= 0.3 is 0 Å². The van der Waals surface area contributed by atoms with Crippen LogP contribution in [0.15, 0.2) is 146 Å². The van der Waals surface area contributed by atoms with Crippen LogP contribution in [0.2, 0.25) is 0 Å². The Hall–Kier alpha value is -6.33. The molecule has 0 atom stereocenters. The van der Waals surface area contributed by atoms with Crippen LogP contribution in [0, 0.1) is 12.7 Å². The summed E-state index contributed by atoms with van der Waals surface area (Å²) in [6.07, 6.45) is 8.81. The van der Waals surface area contributed by atoms with Crippen LogP contribution in [-0.4, -0.2) is 19.1 Å². The van der Waals surface area contributed by atoms with E-state index < -0.39 is 0 Å². The molecule has 2 aromatic heterocycles. The highest BCUT2D eigenvalue weighted by Gasteiger charge is 2.23. The van der Waals surface area contributed by atoms with E-state index in [9.17, 15) is 4.39 Å². The van der Waals surface area contributed by atoms with Crippen LogP contribution in [0.1, 0.15) is 118 Å². The lowest BCUT2D eigenvalue weighted by molar-refractivity contribution is 0.628. The van der Waals surface area contributed by atoms with Crippen LogP contribution < -0.4 is 0 Å². The third-order valence-electron chi connectivity index (χ3n) is 11.9. The molecule has 0 amide bonds. The van der Waals surface area contributed by atoms with Crippen LogP contribution in [0.5, 0.6) is 0 Å². The zero-order valence-electron chi connectivity index (χ0n) is 37.0. The Bertz CT molecular complexity index is 2550. The first-order valence-electron chi connectivity index (χ1n) is 21.8. The number of hydrogen-bond donors (Lipinski definition) is 0. The second-order valence-corrected chi connectivity index (χ2v) is 17.8. The lowest BCUT2D eigenvalue weighted by Gasteiger charge is -2.24. The third-order valence-corrected chi connectivity index (χ3v) is 11.9. The van der Waals surface area contributed by atoms with Crippen LogP contribution >= 0.6 is 0 Å². The largest absolute Gasteiger partial charge is 0.299 e. The van der Waals surface area contributed by atoms with Crippen molar-refractivity contribution in [2.24, 2.45) is 0 Å². The minimum atomic E-state index is -0.227. The van der Waals surface area contributed by atoms with Crippen molar-refractivity contribution in [3.63, 3.8) is 0 Å². The van der Waals surface area contributed by atoms with Gasteiger partial charge in [0.15, 0.2) is 0 Å². The number of halogens is 1. The summed E-state index contributed by atoms with van der Waals surface area (Å²) in [5.41, 5.74) is 18.0. The van der Waals surface area contributed by atoms with Crippen LogP contribution in [-0.2, 0) is 6.42 Å². The minimum Gasteiger partial charge on any atom is -0.299 e. The Morgan fingerprint density at radius 2 is 0.820 bits per heavy atom. The molecule has 0 unspecified atom stereocenters. The second-order valence-electron chi connectivity index (χ2n) is 17.8. The van der Waals surface area contributed by atoms with Crippen molar-refractivity contribution < 1.29 is 4.39 Å². The fourth-order valence-electron chi connectivity index (χ4n) is 8.67. The van der Waals surface area contributed by atoms with Gasteiger partial charge in [-0.25, -0.2) is 14.4 Å². The molecule has 0 fully saturated rings. The van der Waals surface area contributed by atoms with Crippen molar-refractivity contribution in [3.05, 3.63) is 191 Å². The summed E-state index contributed by atoms with van der Waals surface area (Å²) in [7, 11) is 0. The van der Waals surface area contributed by atoms with Crippen molar-refractivity contribution >= 4 is 0 Å². The lowest BCUT2D eigenvalue weighted by Crippen LogP contribution is -2.09. The van der Waals surface area contributed by atoms with E-state index in [1.54, 1.807) is 0 Å². The number of imidazole rings is 2. The van der Waals surface area contributed by atoms with Gasteiger partial charge in [-0.3, -0.25) is 9.13 Å². The summed E-state index contributed by atoms with van der Waals surface area (Å²) in [6, 6.07) is 42.6. The first-order valence-corrected chi connectivity index (χ1v) is 21.8. The summed E-state index contributed by atoms with van der Waals surface area (Å²) in [4.78, 5) is 9.95. The topological polar surface area (TPSA) is 35.6 Å². The minimum absolute atomic E-state index is 0.227. The molecule has 0 radical (unpaired) electrons. The first-order chi connectivity index (χ1) is 29.4. The summed E-state index contributed by atoms with van der Waals surface area (Å²) in [5, 5.41) is 0. The second kappa shape index (κ2) is 17.3. The molecule has 0 aliphatic carbocycles. The summed E-state index contributed by atoms with van der Waals surface area (Å²) in [6.45, 7) is 20.3. The normalized spacial score (nSPS) is 11.8. The van der Waals surface area contributed by atoms with E-state index in [-0.39, 0.29) is 17.7 Å². The van der Waals surface area contributed by atoms with E-state index in [0.29, 0.717) is 11.8 Å². The number of aryl methyl sites for hydroxylation is 1. The van der Waals surface area contributed by atoms with E-state index in [1.165, 1.54) is 73.6 Å². The SMILES string of the molecule is Cc1ccc(-c2cc(C(C)C)c(-n3ccnc3-c3cccc(Cc4cccc(-c5nccn5-c5c(C(C)C)cc(-c6ccc(F)cc6)cc5C(C)C)c4)c3)c(C(C)C)c2)cc1. The van der Waals surface area contributed by atoms with Crippen molar-refractivity contribution in [1.29, 1.82) is 0 Å². The van der Waals surface area contributed by atoms with Gasteiger partial charge in [0, 0.05) is 35.9 Å². The maximum Gasteiger partial charge on any atom is 0.144 e. The van der Waals surface area contributed by atoms with Crippen LogP contribution in [0.25, 0.3) is 56.4 Å². The fraction of sp³-hybridized carbons (Fsp3) is 0.250. The quantitative estimate of drug-likeness (QED) is 0.123. The Labute approximate surface area is 361 Å². The van der Waals surface area contributed by atoms with E-state index in [0.717, 1.165) is 40.3 Å². The predicted octanol–water partition coefficient (Wildman–Crippen LogP) is 15.3. The molecule has 4 nitrogen and oxygen atoms in total. The van der Waals surface area contributed by atoms with E-state index in [4.69, 9.17) is 9.97 Å². The Kier molecular flexibility index (Phi) is 11.8. The van der Waals surface area contributed by atoms with Gasteiger partial charge in [0.25, 0.3) is 0 Å². The van der Waals surface area contributed by atoms with Gasteiger partial charge in [-0.2, -0.15) is 0 Å². The van der Waals surface area contributed by atoms with Crippen molar-refractivity contribution in [1.82, 2.24) is 19.1 Å². The van der Waals surface area contributed by atoms with E-state index in [2.05, 4.69) is 181 Å². The van der Waals surface area contributed by atoms with E-state index >= 15 is 0 Å². The zero-order chi connectivity index (χ0) is 42.9. The number of rotatable bonds is 12. The lowest BCUT2D eigenvalue weighted by atomic mass is 9.88. The standard InChI is InChI=1S/C56H57FN4/c1-35(2)49-31-46(42-18-16-39(9)17-19-42)32-50(36(3)4)53(49)60-26-24-58-55(60)44-14-10-12-40(29-44)28-41-13-11-15-45(30-41)56-59-25-27-61(56)54-51(37(5)6)33-47(34-52(54)38(7)8)43-20-22-48(57)23-21-43/h10-27,29-38H,28H2,1-9H3. The van der Waals surface area contributed by atoms with Gasteiger partial charge in [-0.05, 0) is 141 Å². The van der Waals surface area contributed by atoms with Gasteiger partial charge in [0.1, 0.15) is 17.5 Å². The highest BCUT2D eigenvalue weighted by atomic mass is 19.1.